The third-order valence-corrected chi connectivity index (χ3v) is 4.56. The molecule has 15 heavy (non-hydrogen) atoms. The summed E-state index contributed by atoms with van der Waals surface area (Å²) in [7, 11) is 0. The molecule has 0 atom stereocenters. The number of benzene rings is 1. The van der Waals surface area contributed by atoms with Crippen LogP contribution in [0.25, 0.3) is 0 Å². The van der Waals surface area contributed by atoms with Gasteiger partial charge in [0.1, 0.15) is 4.75 Å². The highest BCUT2D eigenvalue weighted by atomic mass is 32.2. The van der Waals surface area contributed by atoms with Crippen molar-refractivity contribution in [2.24, 2.45) is 0 Å². The molecule has 0 spiro atoms. The lowest BCUT2D eigenvalue weighted by molar-refractivity contribution is 0.440. The van der Waals surface area contributed by atoms with Crippen LogP contribution in [-0.4, -0.2) is 4.75 Å². The maximum absolute atomic E-state index is 9.19. The summed E-state index contributed by atoms with van der Waals surface area (Å²) in [5.74, 6) is 0. The molecule has 1 aromatic rings. The molecule has 0 bridgehead atoms. The van der Waals surface area contributed by atoms with E-state index in [9.17, 15) is 5.26 Å². The van der Waals surface area contributed by atoms with Crippen LogP contribution in [0.2, 0.25) is 0 Å². The molecule has 0 aliphatic heterocycles. The summed E-state index contributed by atoms with van der Waals surface area (Å²) in [5, 5.41) is 9.19. The molecule has 0 N–H and O–H groups in total. The molecule has 0 radical (unpaired) electrons. The Bertz CT molecular complexity index is 413. The van der Waals surface area contributed by atoms with Crippen LogP contribution in [0.5, 0.6) is 0 Å². The zero-order chi connectivity index (χ0) is 10.9. The van der Waals surface area contributed by atoms with E-state index in [0.717, 1.165) is 12.8 Å². The molecule has 0 aromatic heterocycles. The molecule has 1 aliphatic rings. The molecule has 1 aromatic carbocycles. The highest BCUT2D eigenvalue weighted by Crippen LogP contribution is 2.47. The lowest BCUT2D eigenvalue weighted by Crippen LogP contribution is -2.31. The van der Waals surface area contributed by atoms with Gasteiger partial charge in [0.2, 0.25) is 0 Å². The first-order chi connectivity index (χ1) is 7.15. The Kier molecular flexibility index (Phi) is 2.75. The monoisotopic (exact) mass is 217 g/mol. The normalized spacial score (nSPS) is 17.9. The second-order valence-corrected chi connectivity index (χ2v) is 5.76. The molecular weight excluding hydrogens is 202 g/mol. The van der Waals surface area contributed by atoms with Crippen molar-refractivity contribution in [1.29, 1.82) is 5.26 Å². The molecule has 0 saturated heterocycles. The minimum atomic E-state index is -0.126. The summed E-state index contributed by atoms with van der Waals surface area (Å²) in [6.45, 7) is 4.22. The van der Waals surface area contributed by atoms with Gasteiger partial charge in [-0.15, -0.1) is 11.8 Å². The van der Waals surface area contributed by atoms with E-state index in [1.807, 2.05) is 0 Å². The Hall–Kier alpha value is -0.940. The minimum absolute atomic E-state index is 0.126. The van der Waals surface area contributed by atoms with Gasteiger partial charge < -0.3 is 0 Å². The minimum Gasteiger partial charge on any atom is -0.197 e. The molecule has 1 aliphatic carbocycles. The molecule has 1 fully saturated rings. The molecule has 1 nitrogen and oxygen atoms in total. The van der Waals surface area contributed by atoms with Gasteiger partial charge in [-0.25, -0.2) is 0 Å². The van der Waals surface area contributed by atoms with Gasteiger partial charge in [-0.2, -0.15) is 5.26 Å². The number of hydrogen-bond acceptors (Lipinski definition) is 2. The molecule has 0 unspecified atom stereocenters. The largest absolute Gasteiger partial charge is 0.197 e. The zero-order valence-corrected chi connectivity index (χ0v) is 10.0. The Morgan fingerprint density at radius 3 is 2.60 bits per heavy atom. The number of nitrogens with zero attached hydrogens (tertiary/aromatic N) is 1. The van der Waals surface area contributed by atoms with Crippen LogP contribution in [0, 0.1) is 25.2 Å². The van der Waals surface area contributed by atoms with Crippen LogP contribution in [0.3, 0.4) is 0 Å². The summed E-state index contributed by atoms with van der Waals surface area (Å²) < 4.78 is -0.126. The number of nitriles is 1. The van der Waals surface area contributed by atoms with E-state index in [1.165, 1.54) is 22.4 Å². The SMILES string of the molecule is Cc1ccc(C)c(SC2(C#N)CCC2)c1. The third-order valence-electron chi connectivity index (χ3n) is 3.01. The fourth-order valence-electron chi connectivity index (χ4n) is 1.76. The predicted molar refractivity (Wildman–Crippen MR) is 64.0 cm³/mol. The van der Waals surface area contributed by atoms with Gasteiger partial charge in [-0.1, -0.05) is 17.7 Å². The Morgan fingerprint density at radius 2 is 2.07 bits per heavy atom. The molecular formula is C13H15NS. The third kappa shape index (κ3) is 2.03. The van der Waals surface area contributed by atoms with E-state index < -0.39 is 0 Å². The van der Waals surface area contributed by atoms with Crippen LogP contribution >= 0.6 is 11.8 Å². The summed E-state index contributed by atoms with van der Waals surface area (Å²) in [5.41, 5.74) is 2.56. The first kappa shape index (κ1) is 10.6. The summed E-state index contributed by atoms with van der Waals surface area (Å²) in [6.07, 6.45) is 3.29. The zero-order valence-electron chi connectivity index (χ0n) is 9.21. The highest BCUT2D eigenvalue weighted by Gasteiger charge is 2.38. The van der Waals surface area contributed by atoms with Crippen LogP contribution in [-0.2, 0) is 0 Å². The summed E-state index contributed by atoms with van der Waals surface area (Å²) in [6, 6.07) is 8.93. The standard InChI is InChI=1S/C13H15NS/c1-10-4-5-11(2)12(8-10)15-13(9-14)6-3-7-13/h4-5,8H,3,6-7H2,1-2H3. The lowest BCUT2D eigenvalue weighted by atomic mass is 9.86. The Balaban J connectivity index is 2.24. The average molecular weight is 217 g/mol. The van der Waals surface area contributed by atoms with E-state index in [1.54, 1.807) is 11.8 Å². The van der Waals surface area contributed by atoms with Gasteiger partial charge in [0, 0.05) is 4.90 Å². The second kappa shape index (κ2) is 3.90. The van der Waals surface area contributed by atoms with E-state index in [0.29, 0.717) is 0 Å². The van der Waals surface area contributed by atoms with E-state index in [4.69, 9.17) is 0 Å². The van der Waals surface area contributed by atoms with Crippen molar-refractivity contribution in [3.8, 4) is 6.07 Å². The summed E-state index contributed by atoms with van der Waals surface area (Å²) in [4.78, 5) is 1.27. The predicted octanol–water partition coefficient (Wildman–Crippen LogP) is 3.84. The smallest absolute Gasteiger partial charge is 0.107 e. The Morgan fingerprint density at radius 1 is 1.33 bits per heavy atom. The molecule has 0 heterocycles. The number of aryl methyl sites for hydroxylation is 2. The van der Waals surface area contributed by atoms with E-state index >= 15 is 0 Å². The fourth-order valence-corrected chi connectivity index (χ4v) is 3.20. The van der Waals surface area contributed by atoms with Crippen molar-refractivity contribution in [1.82, 2.24) is 0 Å². The summed E-state index contributed by atoms with van der Waals surface area (Å²) >= 11 is 1.76. The molecule has 2 heteroatoms. The van der Waals surface area contributed by atoms with Gasteiger partial charge >= 0.3 is 0 Å². The molecule has 0 amide bonds. The first-order valence-electron chi connectivity index (χ1n) is 5.33. The number of hydrogen-bond donors (Lipinski definition) is 0. The van der Waals surface area contributed by atoms with Gasteiger partial charge in [0.15, 0.2) is 0 Å². The second-order valence-electron chi connectivity index (χ2n) is 4.33. The molecule has 78 valence electrons. The van der Waals surface area contributed by atoms with Crippen LogP contribution in [0.15, 0.2) is 23.1 Å². The van der Waals surface area contributed by atoms with Crippen molar-refractivity contribution >= 4 is 11.8 Å². The fraction of sp³-hybridized carbons (Fsp3) is 0.462. The maximum atomic E-state index is 9.19. The van der Waals surface area contributed by atoms with Crippen LogP contribution < -0.4 is 0 Å². The topological polar surface area (TPSA) is 23.8 Å². The van der Waals surface area contributed by atoms with Gasteiger partial charge in [-0.05, 0) is 44.7 Å². The van der Waals surface area contributed by atoms with Gasteiger partial charge in [0.05, 0.1) is 6.07 Å². The number of thioether (sulfide) groups is 1. The first-order valence-corrected chi connectivity index (χ1v) is 6.14. The van der Waals surface area contributed by atoms with Gasteiger partial charge in [0.25, 0.3) is 0 Å². The average Bonchev–Trinajstić information content (AvgIpc) is 2.17. The van der Waals surface area contributed by atoms with Crippen molar-refractivity contribution in [3.63, 3.8) is 0 Å². The Labute approximate surface area is 95.5 Å². The quantitative estimate of drug-likeness (QED) is 0.751. The van der Waals surface area contributed by atoms with Gasteiger partial charge in [-0.3, -0.25) is 0 Å². The van der Waals surface area contributed by atoms with E-state index in [-0.39, 0.29) is 4.75 Å². The van der Waals surface area contributed by atoms with Crippen molar-refractivity contribution in [2.75, 3.05) is 0 Å². The van der Waals surface area contributed by atoms with Crippen LogP contribution in [0.1, 0.15) is 30.4 Å². The number of rotatable bonds is 2. The lowest BCUT2D eigenvalue weighted by Gasteiger charge is -2.34. The van der Waals surface area contributed by atoms with Crippen molar-refractivity contribution in [2.45, 2.75) is 42.8 Å². The molecule has 1 saturated carbocycles. The van der Waals surface area contributed by atoms with E-state index in [2.05, 4.69) is 38.1 Å². The maximum Gasteiger partial charge on any atom is 0.107 e. The highest BCUT2D eigenvalue weighted by molar-refractivity contribution is 8.01. The van der Waals surface area contributed by atoms with Crippen molar-refractivity contribution < 1.29 is 0 Å². The van der Waals surface area contributed by atoms with Crippen LogP contribution in [0.4, 0.5) is 0 Å². The molecule has 2 rings (SSSR count). The van der Waals surface area contributed by atoms with Crippen molar-refractivity contribution in [3.05, 3.63) is 29.3 Å².